The molecule has 3 N–H and O–H groups in total. The van der Waals surface area contributed by atoms with Crippen molar-refractivity contribution < 1.29 is 23.1 Å². The molecule has 2 aromatic heterocycles. The predicted octanol–water partition coefficient (Wildman–Crippen LogP) is 2.65. The number of nitrogens with two attached hydrogens (primary N) is 1. The molecule has 0 aliphatic carbocycles. The normalized spacial score (nSPS) is 10.5. The van der Waals surface area contributed by atoms with Crippen molar-refractivity contribution in [3.63, 3.8) is 0 Å². The van der Waals surface area contributed by atoms with Crippen LogP contribution in [0, 0.1) is 18.8 Å². The molecule has 0 fully saturated rings. The first-order chi connectivity index (χ1) is 12.2. The van der Waals surface area contributed by atoms with Gasteiger partial charge in [0.05, 0.1) is 6.20 Å². The lowest BCUT2D eigenvalue weighted by atomic mass is 10.1. The summed E-state index contributed by atoms with van der Waals surface area (Å²) >= 11 is 0. The molecule has 26 heavy (non-hydrogen) atoms. The molecule has 0 aliphatic rings. The Morgan fingerprint density at radius 2 is 1.96 bits per heavy atom. The molecule has 0 saturated heterocycles. The summed E-state index contributed by atoms with van der Waals surface area (Å²) in [6.07, 6.45) is -1.65. The largest absolute Gasteiger partial charge is 0.490 e. The van der Waals surface area contributed by atoms with E-state index in [-0.39, 0.29) is 0 Å². The van der Waals surface area contributed by atoms with Gasteiger partial charge in [-0.3, -0.25) is 0 Å². The Hall–Kier alpha value is -3.54. The van der Waals surface area contributed by atoms with E-state index in [1.165, 1.54) is 0 Å². The minimum atomic E-state index is -5.08. The average molecular weight is 362 g/mol. The van der Waals surface area contributed by atoms with Crippen molar-refractivity contribution >= 4 is 17.3 Å². The van der Waals surface area contributed by atoms with Crippen molar-refractivity contribution in [2.75, 3.05) is 5.73 Å². The van der Waals surface area contributed by atoms with E-state index in [4.69, 9.17) is 15.6 Å². The number of hydrogen-bond donors (Lipinski definition) is 2. The van der Waals surface area contributed by atoms with E-state index in [0.29, 0.717) is 5.69 Å². The quantitative estimate of drug-likeness (QED) is 0.474. The van der Waals surface area contributed by atoms with Gasteiger partial charge in [-0.15, -0.1) is 0 Å². The molecule has 1 aromatic carbocycles. The van der Waals surface area contributed by atoms with Crippen LogP contribution >= 0.6 is 0 Å². The van der Waals surface area contributed by atoms with Gasteiger partial charge in [0, 0.05) is 17.4 Å². The fourth-order valence-electron chi connectivity index (χ4n) is 1.82. The topological polar surface area (TPSA) is 93.5 Å². The monoisotopic (exact) mass is 362 g/mol. The zero-order valence-electron chi connectivity index (χ0n) is 13.4. The highest BCUT2D eigenvalue weighted by Gasteiger charge is 2.38. The van der Waals surface area contributed by atoms with Crippen molar-refractivity contribution in [2.45, 2.75) is 13.1 Å². The maximum atomic E-state index is 10.6. The number of nitrogens with zero attached hydrogens (tertiary/aromatic N) is 3. The van der Waals surface area contributed by atoms with Crippen LogP contribution < -0.4 is 5.73 Å². The third-order valence-electron chi connectivity index (χ3n) is 3.11. The molecule has 0 saturated carbocycles. The number of fused-ring (bicyclic) bond motifs is 1. The summed E-state index contributed by atoms with van der Waals surface area (Å²) in [6, 6.07) is 9.45. The van der Waals surface area contributed by atoms with Gasteiger partial charge in [0.2, 0.25) is 0 Å². The highest BCUT2D eigenvalue weighted by atomic mass is 19.4. The van der Waals surface area contributed by atoms with Crippen molar-refractivity contribution in [1.29, 1.82) is 0 Å². The lowest BCUT2D eigenvalue weighted by Crippen LogP contribution is -2.21. The minimum absolute atomic E-state index is 0.714. The molecule has 0 unspecified atom stereocenters. The van der Waals surface area contributed by atoms with E-state index in [1.54, 1.807) is 16.9 Å². The molecular formula is C17H13F3N4O2. The van der Waals surface area contributed by atoms with Crippen LogP contribution in [0.3, 0.4) is 0 Å². The number of aliphatic carboxylic acids is 1. The predicted molar refractivity (Wildman–Crippen MR) is 88.2 cm³/mol. The van der Waals surface area contributed by atoms with E-state index in [2.05, 4.69) is 21.9 Å². The summed E-state index contributed by atoms with van der Waals surface area (Å²) in [5.41, 5.74) is 10.1. The number of carbonyl (C=O) groups is 1. The number of imidazole rings is 1. The van der Waals surface area contributed by atoms with Crippen LogP contribution in [0.1, 0.15) is 16.8 Å². The number of halogens is 3. The van der Waals surface area contributed by atoms with Gasteiger partial charge in [-0.2, -0.15) is 18.3 Å². The number of benzene rings is 1. The van der Waals surface area contributed by atoms with Crippen molar-refractivity contribution in [3.05, 3.63) is 59.5 Å². The van der Waals surface area contributed by atoms with Crippen LogP contribution in [-0.4, -0.2) is 31.9 Å². The Balaban J connectivity index is 0.000000298. The number of anilines is 1. The van der Waals surface area contributed by atoms with Gasteiger partial charge < -0.3 is 10.8 Å². The van der Waals surface area contributed by atoms with Gasteiger partial charge in [-0.25, -0.2) is 14.3 Å². The van der Waals surface area contributed by atoms with Crippen molar-refractivity contribution in [1.82, 2.24) is 14.6 Å². The fourth-order valence-corrected chi connectivity index (χ4v) is 1.82. The van der Waals surface area contributed by atoms with Gasteiger partial charge in [-0.05, 0) is 42.7 Å². The third kappa shape index (κ3) is 4.73. The molecule has 9 heteroatoms. The number of carboxylic acids is 1. The Morgan fingerprint density at radius 3 is 2.62 bits per heavy atom. The SMILES string of the molecule is Cc1ccc(N)cc1C#Cc1cnc2cccnn12.O=C(O)C(F)(F)F. The molecule has 0 atom stereocenters. The van der Waals surface area contributed by atoms with Crippen molar-refractivity contribution in [3.8, 4) is 11.8 Å². The molecule has 0 radical (unpaired) electrons. The van der Waals surface area contributed by atoms with Gasteiger partial charge in [0.1, 0.15) is 5.69 Å². The van der Waals surface area contributed by atoms with Crippen LogP contribution in [0.25, 0.3) is 5.65 Å². The Kier molecular flexibility index (Phi) is 5.47. The van der Waals surface area contributed by atoms with E-state index in [9.17, 15) is 13.2 Å². The van der Waals surface area contributed by atoms with Crippen LogP contribution in [0.2, 0.25) is 0 Å². The van der Waals surface area contributed by atoms with E-state index in [1.807, 2.05) is 37.3 Å². The second kappa shape index (κ2) is 7.57. The molecule has 134 valence electrons. The Bertz CT molecular complexity index is 1000. The Labute approximate surface area is 146 Å². The zero-order chi connectivity index (χ0) is 19.3. The summed E-state index contributed by atoms with van der Waals surface area (Å²) in [5, 5.41) is 11.3. The highest BCUT2D eigenvalue weighted by Crippen LogP contribution is 2.13. The maximum Gasteiger partial charge on any atom is 0.490 e. The molecule has 3 rings (SSSR count). The van der Waals surface area contributed by atoms with E-state index >= 15 is 0 Å². The summed E-state index contributed by atoms with van der Waals surface area (Å²) in [4.78, 5) is 13.1. The molecule has 0 aliphatic heterocycles. The standard InChI is InChI=1S/C15H12N4.C2HF3O2/c1-11-4-6-13(16)9-12(11)5-7-14-10-17-15-3-2-8-18-19(14)15;3-2(4,5)1(6)7/h2-4,6,8-10H,16H2,1H3;(H,6,7). The molecule has 0 bridgehead atoms. The summed E-state index contributed by atoms with van der Waals surface area (Å²) < 4.78 is 33.5. The Morgan fingerprint density at radius 1 is 1.27 bits per heavy atom. The first kappa shape index (κ1) is 18.8. The number of rotatable bonds is 0. The summed E-state index contributed by atoms with van der Waals surface area (Å²) in [5.74, 6) is 3.44. The number of aryl methyl sites for hydroxylation is 1. The number of aromatic nitrogens is 3. The first-order valence-electron chi connectivity index (χ1n) is 7.15. The molecule has 2 heterocycles. The van der Waals surface area contributed by atoms with E-state index in [0.717, 1.165) is 22.5 Å². The molecule has 0 spiro atoms. The second-order valence-corrected chi connectivity index (χ2v) is 5.06. The smallest absolute Gasteiger partial charge is 0.475 e. The molecular weight excluding hydrogens is 349 g/mol. The van der Waals surface area contributed by atoms with Crippen molar-refractivity contribution in [2.24, 2.45) is 0 Å². The number of alkyl halides is 3. The average Bonchev–Trinajstić information content (AvgIpc) is 2.99. The summed E-state index contributed by atoms with van der Waals surface area (Å²) in [6.45, 7) is 2.01. The number of nitrogen functional groups attached to an aromatic ring is 1. The van der Waals surface area contributed by atoms with Crippen LogP contribution in [0.15, 0.2) is 42.7 Å². The number of hydrogen-bond acceptors (Lipinski definition) is 4. The van der Waals surface area contributed by atoms with Crippen LogP contribution in [0.4, 0.5) is 18.9 Å². The van der Waals surface area contributed by atoms with Gasteiger partial charge >= 0.3 is 12.1 Å². The lowest BCUT2D eigenvalue weighted by molar-refractivity contribution is -0.192. The first-order valence-corrected chi connectivity index (χ1v) is 7.15. The van der Waals surface area contributed by atoms with Crippen LogP contribution in [0.5, 0.6) is 0 Å². The number of carboxylic acid groups (broad SMARTS) is 1. The lowest BCUT2D eigenvalue weighted by Gasteiger charge is -1.98. The van der Waals surface area contributed by atoms with Crippen LogP contribution in [-0.2, 0) is 4.79 Å². The zero-order valence-corrected chi connectivity index (χ0v) is 13.4. The van der Waals surface area contributed by atoms with Gasteiger partial charge in [0.25, 0.3) is 0 Å². The van der Waals surface area contributed by atoms with Gasteiger partial charge in [0.15, 0.2) is 5.65 Å². The molecule has 0 amide bonds. The fraction of sp³-hybridized carbons (Fsp3) is 0.118. The maximum absolute atomic E-state index is 10.6. The second-order valence-electron chi connectivity index (χ2n) is 5.06. The third-order valence-corrected chi connectivity index (χ3v) is 3.11. The highest BCUT2D eigenvalue weighted by molar-refractivity contribution is 5.73. The summed E-state index contributed by atoms with van der Waals surface area (Å²) in [7, 11) is 0. The van der Waals surface area contributed by atoms with Gasteiger partial charge in [-0.1, -0.05) is 12.0 Å². The molecule has 3 aromatic rings. The minimum Gasteiger partial charge on any atom is -0.475 e. The van der Waals surface area contributed by atoms with E-state index < -0.39 is 12.1 Å². The molecule has 6 nitrogen and oxygen atoms in total.